The highest BCUT2D eigenvalue weighted by atomic mass is 16.1. The number of nitrogens with zero attached hydrogens (tertiary/aromatic N) is 1. The molecule has 0 fully saturated rings. The normalized spacial score (nSPS) is 9.25. The molecule has 1 aromatic heterocycles. The van der Waals surface area contributed by atoms with Crippen molar-refractivity contribution in [3.05, 3.63) is 49.3 Å². The first-order valence-corrected chi connectivity index (χ1v) is 4.98. The van der Waals surface area contributed by atoms with Gasteiger partial charge >= 0.3 is 0 Å². The van der Waals surface area contributed by atoms with Crippen LogP contribution in [0.1, 0.15) is 10.5 Å². The van der Waals surface area contributed by atoms with E-state index >= 15 is 0 Å². The van der Waals surface area contributed by atoms with E-state index in [0.29, 0.717) is 18.8 Å². The smallest absolute Gasteiger partial charge is 0.270 e. The summed E-state index contributed by atoms with van der Waals surface area (Å²) in [5, 5.41) is 5.73. The van der Waals surface area contributed by atoms with Gasteiger partial charge in [-0.25, -0.2) is 4.98 Å². The summed E-state index contributed by atoms with van der Waals surface area (Å²) >= 11 is 0. The Balaban J connectivity index is 2.59. The number of anilines is 1. The van der Waals surface area contributed by atoms with E-state index in [2.05, 4.69) is 28.8 Å². The van der Waals surface area contributed by atoms with E-state index in [1.165, 1.54) is 0 Å². The maximum absolute atomic E-state index is 11.5. The molecule has 0 bridgehead atoms. The van der Waals surface area contributed by atoms with Crippen molar-refractivity contribution in [2.75, 3.05) is 18.4 Å². The van der Waals surface area contributed by atoms with Gasteiger partial charge < -0.3 is 10.6 Å². The molecule has 0 unspecified atom stereocenters. The van der Waals surface area contributed by atoms with Crippen LogP contribution in [0.4, 0.5) is 5.69 Å². The minimum atomic E-state index is -0.199. The van der Waals surface area contributed by atoms with Crippen LogP contribution in [0, 0.1) is 0 Å². The molecule has 0 aliphatic rings. The molecule has 4 nitrogen and oxygen atoms in total. The molecule has 0 spiro atoms. The Labute approximate surface area is 95.1 Å². The molecule has 0 aliphatic carbocycles. The number of pyridine rings is 1. The van der Waals surface area contributed by atoms with Crippen molar-refractivity contribution >= 4 is 11.6 Å². The lowest BCUT2D eigenvalue weighted by Crippen LogP contribution is -2.24. The Bertz CT molecular complexity index is 370. The largest absolute Gasteiger partial charge is 0.380 e. The van der Waals surface area contributed by atoms with Crippen LogP contribution < -0.4 is 10.6 Å². The molecular formula is C12H15N3O. The van der Waals surface area contributed by atoms with E-state index in [1.807, 2.05) is 0 Å². The maximum Gasteiger partial charge on any atom is 0.270 e. The molecule has 84 valence electrons. The van der Waals surface area contributed by atoms with Gasteiger partial charge in [-0.3, -0.25) is 4.79 Å². The summed E-state index contributed by atoms with van der Waals surface area (Å²) in [7, 11) is 0. The van der Waals surface area contributed by atoms with Crippen LogP contribution in [0.15, 0.2) is 43.6 Å². The van der Waals surface area contributed by atoms with Crippen LogP contribution in [0.5, 0.6) is 0 Å². The minimum absolute atomic E-state index is 0.199. The van der Waals surface area contributed by atoms with Crippen LogP contribution in [0.3, 0.4) is 0 Å². The van der Waals surface area contributed by atoms with Crippen molar-refractivity contribution in [3.63, 3.8) is 0 Å². The van der Waals surface area contributed by atoms with Crippen LogP contribution in [-0.4, -0.2) is 24.0 Å². The number of hydrogen-bond donors (Lipinski definition) is 2. The highest BCUT2D eigenvalue weighted by Gasteiger charge is 2.04. The molecule has 0 atom stereocenters. The molecule has 0 radical (unpaired) electrons. The number of hydrogen-bond acceptors (Lipinski definition) is 3. The molecule has 0 aromatic carbocycles. The van der Waals surface area contributed by atoms with Crippen LogP contribution >= 0.6 is 0 Å². The Morgan fingerprint density at radius 1 is 1.31 bits per heavy atom. The zero-order valence-electron chi connectivity index (χ0n) is 9.07. The Morgan fingerprint density at radius 3 is 2.62 bits per heavy atom. The predicted octanol–water partition coefficient (Wildman–Crippen LogP) is 1.60. The van der Waals surface area contributed by atoms with Crippen molar-refractivity contribution in [2.45, 2.75) is 0 Å². The molecule has 1 aromatic rings. The molecule has 2 N–H and O–H groups in total. The van der Waals surface area contributed by atoms with E-state index in [4.69, 9.17) is 0 Å². The van der Waals surface area contributed by atoms with Gasteiger partial charge in [0.25, 0.3) is 5.91 Å². The van der Waals surface area contributed by atoms with Crippen molar-refractivity contribution in [3.8, 4) is 0 Å². The molecule has 4 heteroatoms. The third-order valence-electron chi connectivity index (χ3n) is 1.85. The third-order valence-corrected chi connectivity index (χ3v) is 1.85. The van der Waals surface area contributed by atoms with Crippen molar-refractivity contribution in [1.29, 1.82) is 0 Å². The SMILES string of the molecule is C=CCNC(=O)c1ccc(NCC=C)cn1. The second-order valence-electron chi connectivity index (χ2n) is 3.10. The Morgan fingerprint density at radius 2 is 2.06 bits per heavy atom. The van der Waals surface area contributed by atoms with Crippen LogP contribution in [0.2, 0.25) is 0 Å². The quantitative estimate of drug-likeness (QED) is 0.711. The molecule has 1 amide bonds. The molecule has 0 aliphatic heterocycles. The van der Waals surface area contributed by atoms with Crippen LogP contribution in [0.25, 0.3) is 0 Å². The average molecular weight is 217 g/mol. The van der Waals surface area contributed by atoms with Gasteiger partial charge in [-0.1, -0.05) is 12.2 Å². The highest BCUT2D eigenvalue weighted by Crippen LogP contribution is 2.05. The molecule has 0 saturated heterocycles. The second kappa shape index (κ2) is 6.40. The van der Waals surface area contributed by atoms with Gasteiger partial charge in [-0.2, -0.15) is 0 Å². The monoisotopic (exact) mass is 217 g/mol. The number of carbonyl (C=O) groups is 1. The van der Waals surface area contributed by atoms with Gasteiger partial charge in [0, 0.05) is 13.1 Å². The Hall–Kier alpha value is -2.10. The molecule has 16 heavy (non-hydrogen) atoms. The summed E-state index contributed by atoms with van der Waals surface area (Å²) in [5.74, 6) is -0.199. The lowest BCUT2D eigenvalue weighted by molar-refractivity contribution is 0.0953. The Kier molecular flexibility index (Phi) is 4.79. The number of aromatic nitrogens is 1. The number of amides is 1. The van der Waals surface area contributed by atoms with E-state index in [9.17, 15) is 4.79 Å². The summed E-state index contributed by atoms with van der Waals surface area (Å²) in [6.07, 6.45) is 4.99. The van der Waals surface area contributed by atoms with Crippen molar-refractivity contribution < 1.29 is 4.79 Å². The molecular weight excluding hydrogens is 202 g/mol. The van der Waals surface area contributed by atoms with E-state index < -0.39 is 0 Å². The van der Waals surface area contributed by atoms with E-state index in [1.54, 1.807) is 30.5 Å². The fourth-order valence-electron chi connectivity index (χ4n) is 1.08. The van der Waals surface area contributed by atoms with Gasteiger partial charge in [0.15, 0.2) is 0 Å². The zero-order valence-corrected chi connectivity index (χ0v) is 9.07. The van der Waals surface area contributed by atoms with Gasteiger partial charge in [0.1, 0.15) is 5.69 Å². The first-order chi connectivity index (χ1) is 7.77. The third kappa shape index (κ3) is 3.57. The molecule has 0 saturated carbocycles. The lowest BCUT2D eigenvalue weighted by atomic mass is 10.3. The number of nitrogens with one attached hydrogen (secondary N) is 2. The summed E-state index contributed by atoms with van der Waals surface area (Å²) in [6, 6.07) is 3.48. The summed E-state index contributed by atoms with van der Waals surface area (Å²) < 4.78 is 0. The lowest BCUT2D eigenvalue weighted by Gasteiger charge is -2.04. The van der Waals surface area contributed by atoms with E-state index in [-0.39, 0.29) is 5.91 Å². The fourth-order valence-corrected chi connectivity index (χ4v) is 1.08. The maximum atomic E-state index is 11.5. The van der Waals surface area contributed by atoms with Gasteiger partial charge in [-0.05, 0) is 12.1 Å². The standard InChI is InChI=1S/C12H15N3O/c1-3-7-13-10-5-6-11(15-9-10)12(16)14-8-4-2/h3-6,9,13H,1-2,7-8H2,(H,14,16). The summed E-state index contributed by atoms with van der Waals surface area (Å²) in [5.41, 5.74) is 1.26. The second-order valence-corrected chi connectivity index (χ2v) is 3.10. The fraction of sp³-hybridized carbons (Fsp3) is 0.167. The van der Waals surface area contributed by atoms with Crippen molar-refractivity contribution in [1.82, 2.24) is 10.3 Å². The van der Waals surface area contributed by atoms with E-state index in [0.717, 1.165) is 5.69 Å². The highest BCUT2D eigenvalue weighted by molar-refractivity contribution is 5.92. The average Bonchev–Trinajstić information content (AvgIpc) is 2.34. The first-order valence-electron chi connectivity index (χ1n) is 4.98. The van der Waals surface area contributed by atoms with Gasteiger partial charge in [-0.15, -0.1) is 13.2 Å². The van der Waals surface area contributed by atoms with Gasteiger partial charge in [0.2, 0.25) is 0 Å². The van der Waals surface area contributed by atoms with Gasteiger partial charge in [0.05, 0.1) is 11.9 Å². The van der Waals surface area contributed by atoms with Crippen molar-refractivity contribution in [2.24, 2.45) is 0 Å². The molecule has 1 heterocycles. The topological polar surface area (TPSA) is 54.0 Å². The minimum Gasteiger partial charge on any atom is -0.380 e. The predicted molar refractivity (Wildman–Crippen MR) is 65.5 cm³/mol. The molecule has 1 rings (SSSR count). The number of rotatable bonds is 6. The summed E-state index contributed by atoms with van der Waals surface area (Å²) in [4.78, 5) is 15.5. The zero-order chi connectivity index (χ0) is 11.8. The first kappa shape index (κ1) is 12.0. The van der Waals surface area contributed by atoms with Crippen LogP contribution in [-0.2, 0) is 0 Å². The summed E-state index contributed by atoms with van der Waals surface area (Å²) in [6.45, 7) is 8.23. The number of carbonyl (C=O) groups excluding carboxylic acids is 1.